The van der Waals surface area contributed by atoms with E-state index >= 15 is 0 Å². The number of esters is 1. The van der Waals surface area contributed by atoms with Crippen LogP contribution in [0.5, 0.6) is 5.75 Å². The van der Waals surface area contributed by atoms with E-state index in [0.29, 0.717) is 13.0 Å². The Bertz CT molecular complexity index is 1140. The van der Waals surface area contributed by atoms with Crippen molar-refractivity contribution in [3.05, 3.63) is 64.2 Å². The lowest BCUT2D eigenvalue weighted by atomic mass is 9.70. The van der Waals surface area contributed by atoms with Crippen molar-refractivity contribution in [3.8, 4) is 17.6 Å². The van der Waals surface area contributed by atoms with Gasteiger partial charge in [-0.15, -0.1) is 0 Å². The summed E-state index contributed by atoms with van der Waals surface area (Å²) >= 11 is 0. The number of aryl methyl sites for hydroxylation is 2. The van der Waals surface area contributed by atoms with Crippen molar-refractivity contribution in [2.24, 2.45) is 5.41 Å². The number of hydrogen-bond acceptors (Lipinski definition) is 4. The van der Waals surface area contributed by atoms with Crippen molar-refractivity contribution < 1.29 is 19.4 Å². The summed E-state index contributed by atoms with van der Waals surface area (Å²) in [6.07, 6.45) is 4.54. The van der Waals surface area contributed by atoms with E-state index in [2.05, 4.69) is 76.8 Å². The molecule has 2 aliphatic rings. The van der Waals surface area contributed by atoms with Crippen molar-refractivity contribution in [1.82, 2.24) is 0 Å². The van der Waals surface area contributed by atoms with Crippen LogP contribution in [-0.4, -0.2) is 29.9 Å². The highest BCUT2D eigenvalue weighted by Gasteiger charge is 2.43. The van der Waals surface area contributed by atoms with Crippen LogP contribution < -0.4 is 4.74 Å². The summed E-state index contributed by atoms with van der Waals surface area (Å²) in [4.78, 5) is 11.3. The van der Waals surface area contributed by atoms with Crippen molar-refractivity contribution in [2.75, 3.05) is 6.61 Å². The van der Waals surface area contributed by atoms with Crippen LogP contribution >= 0.6 is 0 Å². The number of benzene rings is 2. The SMILES string of the molecule is CCC(CC)(c1ccc(C#CC(O)C2(C)CC2)c(C)c1)c1ccc(OC[C@H]2CCC(=O)O2)c(C)c1. The lowest BCUT2D eigenvalue weighted by molar-refractivity contribution is -0.142. The zero-order valence-electron chi connectivity index (χ0n) is 21.7. The molecule has 0 aromatic heterocycles. The van der Waals surface area contributed by atoms with Gasteiger partial charge in [-0.25, -0.2) is 0 Å². The largest absolute Gasteiger partial charge is 0.489 e. The lowest BCUT2D eigenvalue weighted by Crippen LogP contribution is -2.26. The molecule has 0 amide bonds. The summed E-state index contributed by atoms with van der Waals surface area (Å²) in [5.74, 6) is 6.99. The maximum Gasteiger partial charge on any atom is 0.306 e. The molecule has 2 aromatic rings. The van der Waals surface area contributed by atoms with Gasteiger partial charge in [0.2, 0.25) is 0 Å². The Morgan fingerprint density at radius 1 is 1.11 bits per heavy atom. The molecule has 1 N–H and O–H groups in total. The summed E-state index contributed by atoms with van der Waals surface area (Å²) in [7, 11) is 0. The quantitative estimate of drug-likeness (QED) is 0.376. The van der Waals surface area contributed by atoms with Crippen LogP contribution in [0.25, 0.3) is 0 Å². The van der Waals surface area contributed by atoms with Gasteiger partial charge in [0, 0.05) is 22.8 Å². The van der Waals surface area contributed by atoms with Crippen LogP contribution in [0, 0.1) is 31.1 Å². The Morgan fingerprint density at radius 3 is 2.31 bits per heavy atom. The minimum atomic E-state index is -0.559. The summed E-state index contributed by atoms with van der Waals surface area (Å²) in [5, 5.41) is 10.4. The molecule has 0 radical (unpaired) electrons. The molecular weight excluding hydrogens is 436 g/mol. The van der Waals surface area contributed by atoms with E-state index in [4.69, 9.17) is 9.47 Å². The molecule has 4 nitrogen and oxygen atoms in total. The number of rotatable bonds is 8. The zero-order chi connectivity index (χ0) is 25.2. The molecule has 2 atom stereocenters. The molecule has 0 bridgehead atoms. The Labute approximate surface area is 210 Å². The molecule has 1 aliphatic carbocycles. The summed E-state index contributed by atoms with van der Waals surface area (Å²) in [6, 6.07) is 13.0. The third kappa shape index (κ3) is 5.26. The van der Waals surface area contributed by atoms with Crippen molar-refractivity contribution >= 4 is 5.97 Å². The third-order valence-corrected chi connectivity index (χ3v) is 8.15. The number of aliphatic hydroxyl groups is 1. The molecule has 1 aliphatic heterocycles. The predicted molar refractivity (Wildman–Crippen MR) is 139 cm³/mol. The van der Waals surface area contributed by atoms with E-state index < -0.39 is 6.10 Å². The fourth-order valence-corrected chi connectivity index (χ4v) is 5.12. The molecule has 35 heavy (non-hydrogen) atoms. The monoisotopic (exact) mass is 474 g/mol. The zero-order valence-corrected chi connectivity index (χ0v) is 21.7. The van der Waals surface area contributed by atoms with Gasteiger partial charge in [0.25, 0.3) is 0 Å². The van der Waals surface area contributed by atoms with E-state index in [1.165, 1.54) is 11.1 Å². The van der Waals surface area contributed by atoms with Crippen LogP contribution in [-0.2, 0) is 14.9 Å². The second-order valence-corrected chi connectivity index (χ2v) is 10.6. The molecule has 4 heteroatoms. The van der Waals surface area contributed by atoms with Gasteiger partial charge in [0.15, 0.2) is 0 Å². The number of cyclic esters (lactones) is 1. The first-order valence-corrected chi connectivity index (χ1v) is 12.9. The summed E-state index contributed by atoms with van der Waals surface area (Å²) in [5.41, 5.74) is 5.63. The van der Waals surface area contributed by atoms with Gasteiger partial charge in [0.05, 0.1) is 0 Å². The van der Waals surface area contributed by atoms with Gasteiger partial charge in [-0.1, -0.05) is 56.9 Å². The standard InChI is InChI=1S/C31H38O4/c1-6-31(7-2,24-10-8-23(21(3)18-24)9-14-28(32)30(5)16-17-30)25-11-13-27(22(4)19-25)34-20-26-12-15-29(33)35-26/h8,10-11,13,18-19,26,28,32H,6-7,12,15-17,20H2,1-5H3/t26-,28?/m1/s1. The molecule has 2 fully saturated rings. The highest BCUT2D eigenvalue weighted by Crippen LogP contribution is 2.48. The van der Waals surface area contributed by atoms with Gasteiger partial charge in [-0.05, 0) is 80.3 Å². The van der Waals surface area contributed by atoms with E-state index in [0.717, 1.165) is 54.5 Å². The Kier molecular flexibility index (Phi) is 7.29. The number of carbonyl (C=O) groups excluding carboxylic acids is 1. The lowest BCUT2D eigenvalue weighted by Gasteiger charge is -2.34. The number of carbonyl (C=O) groups is 1. The van der Waals surface area contributed by atoms with Gasteiger partial charge < -0.3 is 14.6 Å². The number of aliphatic hydroxyl groups excluding tert-OH is 1. The normalized spacial score (nSPS) is 19.5. The highest BCUT2D eigenvalue weighted by atomic mass is 16.6. The average Bonchev–Trinajstić information content (AvgIpc) is 3.47. The first-order chi connectivity index (χ1) is 16.7. The fraction of sp³-hybridized carbons (Fsp3) is 0.516. The molecule has 1 heterocycles. The Morgan fingerprint density at radius 2 is 1.77 bits per heavy atom. The fourth-order valence-electron chi connectivity index (χ4n) is 5.12. The second kappa shape index (κ2) is 10.1. The molecule has 186 valence electrons. The maximum absolute atomic E-state index is 11.3. The highest BCUT2D eigenvalue weighted by molar-refractivity contribution is 5.71. The van der Waals surface area contributed by atoms with Crippen molar-refractivity contribution in [1.29, 1.82) is 0 Å². The van der Waals surface area contributed by atoms with E-state index in [1.54, 1.807) is 0 Å². The van der Waals surface area contributed by atoms with E-state index in [1.807, 2.05) is 6.07 Å². The third-order valence-electron chi connectivity index (χ3n) is 8.15. The maximum atomic E-state index is 11.3. The van der Waals surface area contributed by atoms with E-state index in [-0.39, 0.29) is 22.9 Å². The van der Waals surface area contributed by atoms with Crippen molar-refractivity contribution in [3.63, 3.8) is 0 Å². The Hall–Kier alpha value is -2.77. The second-order valence-electron chi connectivity index (χ2n) is 10.6. The molecule has 4 rings (SSSR count). The first-order valence-electron chi connectivity index (χ1n) is 12.9. The van der Waals surface area contributed by atoms with Gasteiger partial charge in [-0.2, -0.15) is 0 Å². The van der Waals surface area contributed by atoms with Gasteiger partial charge >= 0.3 is 5.97 Å². The first kappa shape index (κ1) is 25.3. The van der Waals surface area contributed by atoms with Crippen LogP contribution in [0.4, 0.5) is 0 Å². The van der Waals surface area contributed by atoms with Crippen LogP contribution in [0.1, 0.15) is 87.1 Å². The Balaban J connectivity index is 1.56. The minimum Gasteiger partial charge on any atom is -0.489 e. The summed E-state index contributed by atoms with van der Waals surface area (Å²) < 4.78 is 11.3. The molecule has 0 spiro atoms. The number of ether oxygens (including phenoxy) is 2. The summed E-state index contributed by atoms with van der Waals surface area (Å²) in [6.45, 7) is 11.2. The molecule has 1 saturated carbocycles. The molecule has 2 aromatic carbocycles. The molecule has 1 unspecified atom stereocenters. The van der Waals surface area contributed by atoms with E-state index in [9.17, 15) is 9.90 Å². The van der Waals surface area contributed by atoms with Gasteiger partial charge in [0.1, 0.15) is 24.6 Å². The van der Waals surface area contributed by atoms with Gasteiger partial charge in [-0.3, -0.25) is 4.79 Å². The molecular formula is C31H38O4. The van der Waals surface area contributed by atoms with Crippen molar-refractivity contribution in [2.45, 2.75) is 90.8 Å². The predicted octanol–water partition coefficient (Wildman–Crippen LogP) is 6.01. The van der Waals surface area contributed by atoms with Crippen LogP contribution in [0.15, 0.2) is 36.4 Å². The smallest absolute Gasteiger partial charge is 0.306 e. The minimum absolute atomic E-state index is 0.0181. The molecule has 1 saturated heterocycles. The van der Waals surface area contributed by atoms with Crippen LogP contribution in [0.3, 0.4) is 0 Å². The average molecular weight is 475 g/mol. The topological polar surface area (TPSA) is 55.8 Å². The number of hydrogen-bond donors (Lipinski definition) is 1. The van der Waals surface area contributed by atoms with Crippen LogP contribution in [0.2, 0.25) is 0 Å².